The average Bonchev–Trinajstić information content (AvgIpc) is 3.02. The minimum atomic E-state index is 0.0345. The van der Waals surface area contributed by atoms with E-state index < -0.39 is 0 Å². The zero-order chi connectivity index (χ0) is 16.5. The van der Waals surface area contributed by atoms with Gasteiger partial charge in [-0.15, -0.1) is 0 Å². The largest absolute Gasteiger partial charge is 0.504 e. The Labute approximate surface area is 141 Å². The number of para-hydroxylation sites is 1. The summed E-state index contributed by atoms with van der Waals surface area (Å²) < 4.78 is 7.78. The first-order valence-corrected chi connectivity index (χ1v) is 8.22. The van der Waals surface area contributed by atoms with Gasteiger partial charge in [0.2, 0.25) is 0 Å². The Morgan fingerprint density at radius 3 is 2.92 bits per heavy atom. The van der Waals surface area contributed by atoms with Crippen molar-refractivity contribution in [1.82, 2.24) is 9.88 Å². The number of aromatic nitrogens is 1. The van der Waals surface area contributed by atoms with Crippen molar-refractivity contribution in [1.29, 1.82) is 0 Å². The Hall–Kier alpha value is -2.72. The van der Waals surface area contributed by atoms with Crippen LogP contribution in [0.4, 0.5) is 0 Å². The number of fused-ring (bicyclic) bond motifs is 3. The summed E-state index contributed by atoms with van der Waals surface area (Å²) in [5, 5.41) is 13.6. The van der Waals surface area contributed by atoms with Crippen LogP contribution in [0.5, 0.6) is 11.5 Å². The second-order valence-electron chi connectivity index (χ2n) is 5.91. The molecular weight excluding hydrogens is 300 g/mol. The van der Waals surface area contributed by atoms with Crippen molar-refractivity contribution in [2.45, 2.75) is 19.5 Å². The van der Waals surface area contributed by atoms with E-state index in [-0.39, 0.29) is 11.8 Å². The summed E-state index contributed by atoms with van der Waals surface area (Å²) in [6, 6.07) is 18.2. The average molecular weight is 320 g/mol. The lowest BCUT2D eigenvalue weighted by Gasteiger charge is -2.19. The van der Waals surface area contributed by atoms with Gasteiger partial charge in [-0.25, -0.2) is 0 Å². The summed E-state index contributed by atoms with van der Waals surface area (Å²) in [6.07, 6.45) is 2.10. The molecule has 2 N–H and O–H groups in total. The van der Waals surface area contributed by atoms with E-state index in [1.165, 1.54) is 16.9 Å². The molecule has 4 heteroatoms. The number of benzene rings is 2. The van der Waals surface area contributed by atoms with Gasteiger partial charge < -0.3 is 19.7 Å². The lowest BCUT2D eigenvalue weighted by molar-refractivity contribution is 0.317. The smallest absolute Gasteiger partial charge is 0.161 e. The fourth-order valence-electron chi connectivity index (χ4n) is 3.33. The molecule has 24 heavy (non-hydrogen) atoms. The SMILES string of the molecule is CCOc1cc([C@@H]2NCc3ccccc3-n3cccc32)ccc1O. The number of phenols is 1. The van der Waals surface area contributed by atoms with Crippen LogP contribution in [0.3, 0.4) is 0 Å². The molecular formula is C20H20N2O2. The zero-order valence-corrected chi connectivity index (χ0v) is 13.6. The van der Waals surface area contributed by atoms with E-state index >= 15 is 0 Å². The van der Waals surface area contributed by atoms with Gasteiger partial charge in [0.05, 0.1) is 12.6 Å². The van der Waals surface area contributed by atoms with Crippen molar-refractivity contribution in [2.24, 2.45) is 0 Å². The Kier molecular flexibility index (Phi) is 3.75. The molecule has 3 aromatic rings. The number of aromatic hydroxyl groups is 1. The maximum absolute atomic E-state index is 9.97. The third kappa shape index (κ3) is 2.45. The van der Waals surface area contributed by atoms with Crippen molar-refractivity contribution >= 4 is 0 Å². The van der Waals surface area contributed by atoms with E-state index in [9.17, 15) is 5.11 Å². The minimum absolute atomic E-state index is 0.0345. The summed E-state index contributed by atoms with van der Waals surface area (Å²) in [6.45, 7) is 3.22. The summed E-state index contributed by atoms with van der Waals surface area (Å²) >= 11 is 0. The van der Waals surface area contributed by atoms with E-state index in [0.29, 0.717) is 12.4 Å². The predicted octanol–water partition coefficient (Wildman–Crippen LogP) is 3.77. The molecule has 0 fully saturated rings. The quantitative estimate of drug-likeness (QED) is 0.772. The molecule has 1 aromatic heterocycles. The van der Waals surface area contributed by atoms with Gasteiger partial charge in [-0.3, -0.25) is 0 Å². The van der Waals surface area contributed by atoms with Gasteiger partial charge in [-0.1, -0.05) is 24.3 Å². The summed E-state index contributed by atoms with van der Waals surface area (Å²) in [4.78, 5) is 0. The lowest BCUT2D eigenvalue weighted by atomic mass is 10.0. The molecule has 4 nitrogen and oxygen atoms in total. The molecule has 2 heterocycles. The molecule has 0 saturated heterocycles. The highest BCUT2D eigenvalue weighted by Crippen LogP contribution is 2.34. The maximum Gasteiger partial charge on any atom is 0.161 e. The fraction of sp³-hybridized carbons (Fsp3) is 0.200. The van der Waals surface area contributed by atoms with E-state index in [4.69, 9.17) is 4.74 Å². The number of phenolic OH excluding ortho intramolecular Hbond substituents is 1. The van der Waals surface area contributed by atoms with Crippen molar-refractivity contribution < 1.29 is 9.84 Å². The van der Waals surface area contributed by atoms with Gasteiger partial charge in [0.25, 0.3) is 0 Å². The molecule has 0 bridgehead atoms. The third-order valence-corrected chi connectivity index (χ3v) is 4.44. The molecule has 0 amide bonds. The summed E-state index contributed by atoms with van der Waals surface area (Å²) in [5.41, 5.74) is 4.72. The van der Waals surface area contributed by atoms with Gasteiger partial charge >= 0.3 is 0 Å². The Bertz CT molecular complexity index is 870. The standard InChI is InChI=1S/C20H20N2O2/c1-2-24-19-12-14(9-10-18(19)23)20-17-8-5-11-22(17)16-7-4-3-6-15(16)13-21-20/h3-12,20-21,23H,2,13H2,1H3/t20-/m0/s1. The second kappa shape index (κ2) is 6.06. The Morgan fingerprint density at radius 1 is 1.17 bits per heavy atom. The first kappa shape index (κ1) is 14.8. The van der Waals surface area contributed by atoms with E-state index in [2.05, 4.69) is 52.5 Å². The molecule has 0 unspecified atom stereocenters. The molecule has 0 aliphatic carbocycles. The van der Waals surface area contributed by atoms with Crippen LogP contribution in [0.1, 0.15) is 29.8 Å². The number of ether oxygens (including phenoxy) is 1. The molecule has 2 aromatic carbocycles. The van der Waals surface area contributed by atoms with Crippen LogP contribution >= 0.6 is 0 Å². The molecule has 0 saturated carbocycles. The van der Waals surface area contributed by atoms with Crippen LogP contribution < -0.4 is 10.1 Å². The van der Waals surface area contributed by atoms with Gasteiger partial charge in [0, 0.05) is 24.1 Å². The van der Waals surface area contributed by atoms with Crippen LogP contribution in [-0.4, -0.2) is 16.3 Å². The number of hydrogen-bond acceptors (Lipinski definition) is 3. The number of nitrogens with zero attached hydrogens (tertiary/aromatic N) is 1. The zero-order valence-electron chi connectivity index (χ0n) is 13.6. The van der Waals surface area contributed by atoms with Crippen LogP contribution in [0.15, 0.2) is 60.8 Å². The van der Waals surface area contributed by atoms with Crippen molar-refractivity contribution in [3.8, 4) is 17.2 Å². The molecule has 0 radical (unpaired) electrons. The highest BCUT2D eigenvalue weighted by Gasteiger charge is 2.23. The third-order valence-electron chi connectivity index (χ3n) is 4.44. The molecule has 0 spiro atoms. The first-order valence-electron chi connectivity index (χ1n) is 8.22. The topological polar surface area (TPSA) is 46.4 Å². The predicted molar refractivity (Wildman–Crippen MR) is 93.7 cm³/mol. The van der Waals surface area contributed by atoms with Crippen molar-refractivity contribution in [3.05, 3.63) is 77.6 Å². The monoisotopic (exact) mass is 320 g/mol. The maximum atomic E-state index is 9.97. The Balaban J connectivity index is 1.80. The minimum Gasteiger partial charge on any atom is -0.504 e. The fourth-order valence-corrected chi connectivity index (χ4v) is 3.33. The van der Waals surface area contributed by atoms with E-state index in [1.54, 1.807) is 6.07 Å². The highest BCUT2D eigenvalue weighted by atomic mass is 16.5. The molecule has 4 rings (SSSR count). The number of rotatable bonds is 3. The summed E-state index contributed by atoms with van der Waals surface area (Å²) in [7, 11) is 0. The van der Waals surface area contributed by atoms with Gasteiger partial charge in [0.1, 0.15) is 0 Å². The lowest BCUT2D eigenvalue weighted by Crippen LogP contribution is -2.21. The van der Waals surface area contributed by atoms with Gasteiger partial charge in [-0.2, -0.15) is 0 Å². The van der Waals surface area contributed by atoms with Crippen LogP contribution in [0, 0.1) is 0 Å². The molecule has 1 atom stereocenters. The van der Waals surface area contributed by atoms with Crippen molar-refractivity contribution in [3.63, 3.8) is 0 Å². The number of nitrogens with one attached hydrogen (secondary N) is 1. The first-order chi connectivity index (χ1) is 11.8. The van der Waals surface area contributed by atoms with E-state index in [1.807, 2.05) is 19.1 Å². The Morgan fingerprint density at radius 2 is 2.04 bits per heavy atom. The van der Waals surface area contributed by atoms with Crippen LogP contribution in [0.2, 0.25) is 0 Å². The molecule has 1 aliphatic heterocycles. The normalized spacial score (nSPS) is 16.1. The number of hydrogen-bond donors (Lipinski definition) is 2. The highest BCUT2D eigenvalue weighted by molar-refractivity contribution is 5.49. The van der Waals surface area contributed by atoms with Gasteiger partial charge in [-0.05, 0) is 48.4 Å². The van der Waals surface area contributed by atoms with E-state index in [0.717, 1.165) is 12.1 Å². The molecule has 1 aliphatic rings. The van der Waals surface area contributed by atoms with Crippen LogP contribution in [0.25, 0.3) is 5.69 Å². The van der Waals surface area contributed by atoms with Crippen molar-refractivity contribution in [2.75, 3.05) is 6.61 Å². The second-order valence-corrected chi connectivity index (χ2v) is 5.91. The summed E-state index contributed by atoms with van der Waals surface area (Å²) in [5.74, 6) is 0.699. The van der Waals surface area contributed by atoms with Gasteiger partial charge in [0.15, 0.2) is 11.5 Å². The van der Waals surface area contributed by atoms with Crippen LogP contribution in [-0.2, 0) is 6.54 Å². The molecule has 122 valence electrons.